The SMILES string of the molecule is CN1CCN=C1c1ccc(NC(=O)C(Cc2cnc[nH]2)N(C(N)=O)c2ccc(Cl)cc2)cc1. The Hall–Kier alpha value is -3.85. The van der Waals surface area contributed by atoms with E-state index in [4.69, 9.17) is 17.3 Å². The van der Waals surface area contributed by atoms with E-state index in [9.17, 15) is 9.59 Å². The fraction of sp³-hybridized carbons (Fsp3) is 0.217. The number of aliphatic imine (C=N–C) groups is 1. The van der Waals surface area contributed by atoms with E-state index in [0.717, 1.165) is 24.5 Å². The number of nitrogens with zero attached hydrogens (tertiary/aromatic N) is 4. The van der Waals surface area contributed by atoms with E-state index >= 15 is 0 Å². The van der Waals surface area contributed by atoms with Crippen LogP contribution >= 0.6 is 11.6 Å². The minimum Gasteiger partial charge on any atom is -0.358 e. The Morgan fingerprint density at radius 3 is 2.52 bits per heavy atom. The molecular formula is C23H24ClN7O2. The van der Waals surface area contributed by atoms with Crippen molar-refractivity contribution < 1.29 is 9.59 Å². The van der Waals surface area contributed by atoms with E-state index < -0.39 is 12.1 Å². The van der Waals surface area contributed by atoms with E-state index in [-0.39, 0.29) is 12.3 Å². The lowest BCUT2D eigenvalue weighted by molar-refractivity contribution is -0.117. The molecule has 1 atom stereocenters. The number of aromatic nitrogens is 2. The molecule has 0 radical (unpaired) electrons. The number of rotatable bonds is 7. The Morgan fingerprint density at radius 1 is 1.21 bits per heavy atom. The normalized spacial score (nSPS) is 14.0. The van der Waals surface area contributed by atoms with Gasteiger partial charge in [-0.3, -0.25) is 14.7 Å². The summed E-state index contributed by atoms with van der Waals surface area (Å²) in [5, 5.41) is 3.41. The standard InChI is InChI=1S/C23H24ClN7O2/c1-30-11-10-27-21(30)15-2-6-17(7-3-15)29-22(32)20(12-18-13-26-14-28-18)31(23(25)33)19-8-4-16(24)5-9-19/h2-9,13-14,20H,10-12H2,1H3,(H2,25,33)(H,26,28)(H,29,32). The van der Waals surface area contributed by atoms with Gasteiger partial charge < -0.3 is 20.9 Å². The Bertz CT molecular complexity index is 1140. The molecule has 1 aromatic heterocycles. The van der Waals surface area contributed by atoms with E-state index in [2.05, 4.69) is 25.2 Å². The van der Waals surface area contributed by atoms with Crippen molar-refractivity contribution in [3.05, 3.63) is 77.3 Å². The summed E-state index contributed by atoms with van der Waals surface area (Å²) in [5.41, 5.74) is 8.42. The molecule has 0 fully saturated rings. The van der Waals surface area contributed by atoms with E-state index in [0.29, 0.717) is 22.1 Å². The van der Waals surface area contributed by atoms with Gasteiger partial charge in [0.25, 0.3) is 0 Å². The van der Waals surface area contributed by atoms with Gasteiger partial charge in [0.1, 0.15) is 11.9 Å². The third kappa shape index (κ3) is 5.15. The predicted molar refractivity (Wildman–Crippen MR) is 129 cm³/mol. The molecule has 3 amide bonds. The first kappa shape index (κ1) is 22.3. The van der Waals surface area contributed by atoms with Gasteiger partial charge in [0.05, 0.1) is 12.9 Å². The first-order chi connectivity index (χ1) is 15.9. The third-order valence-electron chi connectivity index (χ3n) is 5.39. The zero-order chi connectivity index (χ0) is 23.4. The number of hydrogen-bond donors (Lipinski definition) is 3. The number of primary amides is 1. The number of amidine groups is 1. The fourth-order valence-electron chi connectivity index (χ4n) is 3.74. The van der Waals surface area contributed by atoms with Gasteiger partial charge in [-0.15, -0.1) is 0 Å². The summed E-state index contributed by atoms with van der Waals surface area (Å²) < 4.78 is 0. The van der Waals surface area contributed by atoms with Crippen LogP contribution in [0.5, 0.6) is 0 Å². The van der Waals surface area contributed by atoms with Crippen molar-refractivity contribution >= 4 is 40.7 Å². The maximum absolute atomic E-state index is 13.4. The number of nitrogens with one attached hydrogen (secondary N) is 2. The molecule has 1 aliphatic heterocycles. The molecule has 0 spiro atoms. The summed E-state index contributed by atoms with van der Waals surface area (Å²) in [6.07, 6.45) is 3.31. The average molecular weight is 466 g/mol. The monoisotopic (exact) mass is 465 g/mol. The van der Waals surface area contributed by atoms with Crippen molar-refractivity contribution in [3.63, 3.8) is 0 Å². The highest BCUT2D eigenvalue weighted by Crippen LogP contribution is 2.23. The quantitative estimate of drug-likeness (QED) is 0.497. The topological polar surface area (TPSA) is 120 Å². The number of urea groups is 1. The minimum atomic E-state index is -0.922. The van der Waals surface area contributed by atoms with E-state index in [1.807, 2.05) is 31.3 Å². The molecule has 0 aliphatic carbocycles. The second kappa shape index (κ2) is 9.74. The second-order valence-corrected chi connectivity index (χ2v) is 8.11. The van der Waals surface area contributed by atoms with Crippen LogP contribution < -0.4 is 16.0 Å². The molecule has 1 unspecified atom stereocenters. The largest absolute Gasteiger partial charge is 0.358 e. The number of imidazole rings is 1. The highest BCUT2D eigenvalue weighted by molar-refractivity contribution is 6.30. The van der Waals surface area contributed by atoms with Crippen LogP contribution in [-0.2, 0) is 11.2 Å². The number of carbonyl (C=O) groups excluding carboxylic acids is 2. The Kier molecular flexibility index (Phi) is 6.60. The third-order valence-corrected chi connectivity index (χ3v) is 5.65. The first-order valence-electron chi connectivity index (χ1n) is 10.4. The number of likely N-dealkylation sites (N-methyl/N-ethyl adjacent to an activating group) is 1. The van der Waals surface area contributed by atoms with Gasteiger partial charge in [0.15, 0.2) is 0 Å². The zero-order valence-electron chi connectivity index (χ0n) is 18.0. The van der Waals surface area contributed by atoms with Crippen LogP contribution in [0, 0.1) is 0 Å². The number of nitrogens with two attached hydrogens (primary N) is 1. The lowest BCUT2D eigenvalue weighted by atomic mass is 10.1. The van der Waals surface area contributed by atoms with Crippen LogP contribution in [0.25, 0.3) is 0 Å². The van der Waals surface area contributed by atoms with Crippen LogP contribution in [-0.4, -0.2) is 58.8 Å². The van der Waals surface area contributed by atoms with Crippen molar-refractivity contribution in [2.75, 3.05) is 30.4 Å². The molecule has 170 valence electrons. The predicted octanol–water partition coefficient (Wildman–Crippen LogP) is 2.89. The van der Waals surface area contributed by atoms with Gasteiger partial charge in [-0.05, 0) is 48.5 Å². The average Bonchev–Trinajstić information content (AvgIpc) is 3.46. The zero-order valence-corrected chi connectivity index (χ0v) is 18.8. The first-order valence-corrected chi connectivity index (χ1v) is 10.8. The molecule has 4 N–H and O–H groups in total. The summed E-state index contributed by atoms with van der Waals surface area (Å²) in [5.74, 6) is 0.536. The lowest BCUT2D eigenvalue weighted by Crippen LogP contribution is -2.51. The van der Waals surface area contributed by atoms with Crippen LogP contribution in [0.1, 0.15) is 11.3 Å². The van der Waals surface area contributed by atoms with Crippen molar-refractivity contribution in [3.8, 4) is 0 Å². The molecule has 4 rings (SSSR count). The Labute approximate surface area is 196 Å². The molecule has 0 saturated heterocycles. The van der Waals surface area contributed by atoms with E-state index in [1.165, 1.54) is 11.2 Å². The summed E-state index contributed by atoms with van der Waals surface area (Å²) in [7, 11) is 2.00. The number of aromatic amines is 1. The van der Waals surface area contributed by atoms with Crippen molar-refractivity contribution in [1.29, 1.82) is 0 Å². The Morgan fingerprint density at radius 2 is 1.94 bits per heavy atom. The number of anilines is 2. The van der Waals surface area contributed by atoms with Gasteiger partial charge in [0, 0.05) is 53.9 Å². The van der Waals surface area contributed by atoms with Gasteiger partial charge in [-0.25, -0.2) is 9.78 Å². The van der Waals surface area contributed by atoms with Gasteiger partial charge in [0.2, 0.25) is 5.91 Å². The number of hydrogen-bond acceptors (Lipinski definition) is 5. The molecule has 3 aromatic rings. The van der Waals surface area contributed by atoms with Crippen molar-refractivity contribution in [2.24, 2.45) is 10.7 Å². The summed E-state index contributed by atoms with van der Waals surface area (Å²) >= 11 is 5.99. The van der Waals surface area contributed by atoms with Gasteiger partial charge in [-0.2, -0.15) is 0 Å². The number of amides is 3. The molecule has 1 aliphatic rings. The molecule has 0 saturated carbocycles. The number of carbonyl (C=O) groups is 2. The number of H-pyrrole nitrogens is 1. The molecule has 9 nitrogen and oxygen atoms in total. The summed E-state index contributed by atoms with van der Waals surface area (Å²) in [6.45, 7) is 1.66. The highest BCUT2D eigenvalue weighted by Gasteiger charge is 2.31. The maximum atomic E-state index is 13.4. The van der Waals surface area contributed by atoms with Crippen molar-refractivity contribution in [2.45, 2.75) is 12.5 Å². The molecule has 0 bridgehead atoms. The van der Waals surface area contributed by atoms with Gasteiger partial charge in [-0.1, -0.05) is 11.6 Å². The number of halogens is 1. The lowest BCUT2D eigenvalue weighted by Gasteiger charge is -2.29. The van der Waals surface area contributed by atoms with Crippen LogP contribution in [0.4, 0.5) is 16.2 Å². The second-order valence-electron chi connectivity index (χ2n) is 7.67. The number of benzene rings is 2. The molecular weight excluding hydrogens is 442 g/mol. The smallest absolute Gasteiger partial charge is 0.320 e. The van der Waals surface area contributed by atoms with E-state index in [1.54, 1.807) is 30.5 Å². The Balaban J connectivity index is 1.59. The van der Waals surface area contributed by atoms with Crippen LogP contribution in [0.15, 0.2) is 66.0 Å². The highest BCUT2D eigenvalue weighted by atomic mass is 35.5. The molecule has 33 heavy (non-hydrogen) atoms. The van der Waals surface area contributed by atoms with Crippen LogP contribution in [0.2, 0.25) is 5.02 Å². The molecule has 2 heterocycles. The summed E-state index contributed by atoms with van der Waals surface area (Å²) in [4.78, 5) is 40.6. The van der Waals surface area contributed by atoms with Crippen LogP contribution in [0.3, 0.4) is 0 Å². The summed E-state index contributed by atoms with van der Waals surface area (Å²) in [6, 6.07) is 12.3. The van der Waals surface area contributed by atoms with Crippen molar-refractivity contribution in [1.82, 2.24) is 14.9 Å². The van der Waals surface area contributed by atoms with Gasteiger partial charge >= 0.3 is 6.03 Å². The fourth-order valence-corrected chi connectivity index (χ4v) is 3.87. The maximum Gasteiger partial charge on any atom is 0.320 e. The minimum absolute atomic E-state index is 0.192. The molecule has 10 heteroatoms. The molecule has 2 aromatic carbocycles.